The lowest BCUT2D eigenvalue weighted by atomic mass is 9.89. The van der Waals surface area contributed by atoms with Crippen molar-refractivity contribution in [2.24, 2.45) is 0 Å². The van der Waals surface area contributed by atoms with Gasteiger partial charge in [-0.3, -0.25) is 0 Å². The molecule has 0 bridgehead atoms. The van der Waals surface area contributed by atoms with Crippen molar-refractivity contribution >= 4 is 11.8 Å². The van der Waals surface area contributed by atoms with E-state index in [0.717, 1.165) is 18.4 Å². The summed E-state index contributed by atoms with van der Waals surface area (Å²) in [6.07, 6.45) is 1.31. The van der Waals surface area contributed by atoms with E-state index in [2.05, 4.69) is 0 Å². The number of hydrogen-bond donors (Lipinski definition) is 1. The van der Waals surface area contributed by atoms with Gasteiger partial charge in [0.05, 0.1) is 0 Å². The Hall–Kier alpha value is -1.78. The number of amides is 1. The molecular formula is C16H23FN2O2. The number of ether oxygens (including phenoxy) is 1. The zero-order valence-electron chi connectivity index (χ0n) is 12.9. The molecular weight excluding hydrogens is 271 g/mol. The third-order valence-electron chi connectivity index (χ3n) is 3.56. The van der Waals surface area contributed by atoms with Crippen LogP contribution in [0, 0.1) is 5.82 Å². The van der Waals surface area contributed by atoms with Gasteiger partial charge in [0.25, 0.3) is 0 Å². The molecule has 5 heteroatoms. The Morgan fingerprint density at radius 2 is 1.90 bits per heavy atom. The van der Waals surface area contributed by atoms with Gasteiger partial charge in [-0.1, -0.05) is 0 Å². The average Bonchev–Trinajstić information content (AvgIpc) is 2.35. The maximum atomic E-state index is 13.4. The van der Waals surface area contributed by atoms with Gasteiger partial charge in [0.1, 0.15) is 11.4 Å². The molecule has 1 aromatic carbocycles. The minimum atomic E-state index is -0.481. The molecule has 0 aliphatic carbocycles. The van der Waals surface area contributed by atoms with Gasteiger partial charge in [0, 0.05) is 18.8 Å². The quantitative estimate of drug-likeness (QED) is 0.806. The summed E-state index contributed by atoms with van der Waals surface area (Å²) in [4.78, 5) is 13.7. The molecule has 0 atom stereocenters. The van der Waals surface area contributed by atoms with Crippen LogP contribution in [-0.2, 0) is 4.74 Å². The number of halogens is 1. The normalized spacial score (nSPS) is 16.9. The third kappa shape index (κ3) is 4.34. The fourth-order valence-electron chi connectivity index (χ4n) is 2.59. The zero-order chi connectivity index (χ0) is 15.6. The maximum absolute atomic E-state index is 13.4. The van der Waals surface area contributed by atoms with Crippen LogP contribution in [0.4, 0.5) is 14.9 Å². The number of anilines is 1. The van der Waals surface area contributed by atoms with Crippen molar-refractivity contribution in [1.29, 1.82) is 0 Å². The highest BCUT2D eigenvalue weighted by atomic mass is 19.1. The fourth-order valence-corrected chi connectivity index (χ4v) is 2.59. The SMILES string of the molecule is CC(C)(C)OC(=O)N1CCC(c2cc(N)cc(F)c2)CC1. The average molecular weight is 294 g/mol. The molecule has 1 aromatic rings. The summed E-state index contributed by atoms with van der Waals surface area (Å²) in [5, 5.41) is 0. The first kappa shape index (κ1) is 15.6. The van der Waals surface area contributed by atoms with Gasteiger partial charge >= 0.3 is 6.09 Å². The first-order valence-electron chi connectivity index (χ1n) is 7.28. The van der Waals surface area contributed by atoms with Crippen molar-refractivity contribution in [3.63, 3.8) is 0 Å². The van der Waals surface area contributed by atoms with Crippen LogP contribution in [-0.4, -0.2) is 29.7 Å². The first-order chi connectivity index (χ1) is 9.74. The van der Waals surface area contributed by atoms with E-state index in [0.29, 0.717) is 18.8 Å². The predicted octanol–water partition coefficient (Wildman–Crippen LogP) is 3.52. The van der Waals surface area contributed by atoms with Crippen molar-refractivity contribution in [3.05, 3.63) is 29.6 Å². The van der Waals surface area contributed by atoms with Gasteiger partial charge < -0.3 is 15.4 Å². The van der Waals surface area contributed by atoms with Crippen molar-refractivity contribution in [1.82, 2.24) is 4.90 Å². The molecule has 1 fully saturated rings. The van der Waals surface area contributed by atoms with Crippen LogP contribution in [0.15, 0.2) is 18.2 Å². The number of piperidine rings is 1. The Morgan fingerprint density at radius 3 is 2.43 bits per heavy atom. The number of carbonyl (C=O) groups excluding carboxylic acids is 1. The highest BCUT2D eigenvalue weighted by molar-refractivity contribution is 5.68. The number of carbonyl (C=O) groups is 1. The molecule has 1 aliphatic heterocycles. The van der Waals surface area contributed by atoms with Crippen LogP contribution in [0.5, 0.6) is 0 Å². The largest absolute Gasteiger partial charge is 0.444 e. The molecule has 2 rings (SSSR count). The van der Waals surface area contributed by atoms with E-state index in [4.69, 9.17) is 10.5 Å². The topological polar surface area (TPSA) is 55.6 Å². The van der Waals surface area contributed by atoms with Crippen molar-refractivity contribution in [2.75, 3.05) is 18.8 Å². The van der Waals surface area contributed by atoms with Crippen LogP contribution < -0.4 is 5.73 Å². The number of rotatable bonds is 1. The zero-order valence-corrected chi connectivity index (χ0v) is 12.9. The molecule has 1 amide bonds. The van der Waals surface area contributed by atoms with Crippen LogP contribution in [0.25, 0.3) is 0 Å². The molecule has 116 valence electrons. The number of hydrogen-bond acceptors (Lipinski definition) is 3. The van der Waals surface area contributed by atoms with Crippen LogP contribution in [0.2, 0.25) is 0 Å². The van der Waals surface area contributed by atoms with Crippen molar-refractivity contribution in [3.8, 4) is 0 Å². The van der Waals surface area contributed by atoms with Gasteiger partial charge in [-0.25, -0.2) is 9.18 Å². The molecule has 1 aliphatic rings. The predicted molar refractivity (Wildman–Crippen MR) is 80.6 cm³/mol. The smallest absolute Gasteiger partial charge is 0.410 e. The Morgan fingerprint density at radius 1 is 1.29 bits per heavy atom. The van der Waals surface area contributed by atoms with Crippen LogP contribution in [0.3, 0.4) is 0 Å². The molecule has 21 heavy (non-hydrogen) atoms. The second kappa shape index (κ2) is 5.92. The minimum absolute atomic E-state index is 0.238. The Labute approximate surface area is 125 Å². The number of nitrogens with two attached hydrogens (primary N) is 1. The van der Waals surface area contributed by atoms with E-state index in [1.165, 1.54) is 12.1 Å². The standard InChI is InChI=1S/C16H23FN2O2/c1-16(2,3)21-15(20)19-6-4-11(5-7-19)12-8-13(17)10-14(18)9-12/h8-11H,4-7,18H2,1-3H3. The summed E-state index contributed by atoms with van der Waals surface area (Å²) in [6.45, 7) is 6.81. The molecule has 0 radical (unpaired) electrons. The summed E-state index contributed by atoms with van der Waals surface area (Å²) in [7, 11) is 0. The molecule has 0 saturated carbocycles. The second-order valence-electron chi connectivity index (χ2n) is 6.56. The van der Waals surface area contributed by atoms with Crippen molar-refractivity contribution in [2.45, 2.75) is 45.1 Å². The molecule has 1 heterocycles. The van der Waals surface area contributed by atoms with Crippen LogP contribution >= 0.6 is 0 Å². The molecule has 1 saturated heterocycles. The molecule has 2 N–H and O–H groups in total. The summed E-state index contributed by atoms with van der Waals surface area (Å²) in [6, 6.07) is 4.67. The van der Waals surface area contributed by atoms with Crippen molar-refractivity contribution < 1.29 is 13.9 Å². The number of benzene rings is 1. The summed E-state index contributed by atoms with van der Waals surface area (Å²) in [5.74, 6) is -0.0683. The second-order valence-corrected chi connectivity index (χ2v) is 6.56. The monoisotopic (exact) mass is 294 g/mol. The van der Waals surface area contributed by atoms with Gasteiger partial charge in [0.2, 0.25) is 0 Å². The number of nitrogens with zero attached hydrogens (tertiary/aromatic N) is 1. The lowest BCUT2D eigenvalue weighted by Crippen LogP contribution is -2.41. The summed E-state index contributed by atoms with van der Waals surface area (Å²) in [5.41, 5.74) is 6.56. The fraction of sp³-hybridized carbons (Fsp3) is 0.562. The van der Waals surface area contributed by atoms with Crippen LogP contribution in [0.1, 0.15) is 45.1 Å². The van der Waals surface area contributed by atoms with E-state index in [1.807, 2.05) is 26.8 Å². The highest BCUT2D eigenvalue weighted by Gasteiger charge is 2.27. The lowest BCUT2D eigenvalue weighted by molar-refractivity contribution is 0.0205. The Kier molecular flexibility index (Phi) is 4.40. The van der Waals surface area contributed by atoms with Gasteiger partial charge in [0.15, 0.2) is 0 Å². The Balaban J connectivity index is 1.95. The maximum Gasteiger partial charge on any atom is 0.410 e. The first-order valence-corrected chi connectivity index (χ1v) is 7.28. The van der Waals surface area contributed by atoms with Gasteiger partial charge in [-0.05, 0) is 63.3 Å². The van der Waals surface area contributed by atoms with E-state index < -0.39 is 5.60 Å². The summed E-state index contributed by atoms with van der Waals surface area (Å²) >= 11 is 0. The Bertz CT molecular complexity index is 497. The van der Waals surface area contributed by atoms with Gasteiger partial charge in [-0.15, -0.1) is 0 Å². The third-order valence-corrected chi connectivity index (χ3v) is 3.56. The van der Waals surface area contributed by atoms with E-state index in [-0.39, 0.29) is 17.8 Å². The highest BCUT2D eigenvalue weighted by Crippen LogP contribution is 2.30. The van der Waals surface area contributed by atoms with Gasteiger partial charge in [-0.2, -0.15) is 0 Å². The molecule has 0 spiro atoms. The molecule has 0 unspecified atom stereocenters. The van der Waals surface area contributed by atoms with E-state index >= 15 is 0 Å². The molecule has 0 aromatic heterocycles. The van der Waals surface area contributed by atoms with E-state index in [1.54, 1.807) is 4.90 Å². The number of nitrogen functional groups attached to an aromatic ring is 1. The lowest BCUT2D eigenvalue weighted by Gasteiger charge is -2.33. The minimum Gasteiger partial charge on any atom is -0.444 e. The van der Waals surface area contributed by atoms with E-state index in [9.17, 15) is 9.18 Å². The number of likely N-dealkylation sites (tertiary alicyclic amines) is 1. The molecule has 4 nitrogen and oxygen atoms in total. The summed E-state index contributed by atoms with van der Waals surface area (Å²) < 4.78 is 18.8.